The number of benzene rings is 1. The van der Waals surface area contributed by atoms with Crippen LogP contribution in [0.4, 0.5) is 0 Å². The number of aliphatic imine (C=N–C) groups is 1. The average Bonchev–Trinajstić information content (AvgIpc) is 2.99. The molecule has 0 spiro atoms. The summed E-state index contributed by atoms with van der Waals surface area (Å²) in [6, 6.07) is 7.54. The van der Waals surface area contributed by atoms with Crippen LogP contribution in [0.25, 0.3) is 0 Å². The summed E-state index contributed by atoms with van der Waals surface area (Å²) in [6.07, 6.45) is 1.01. The lowest BCUT2D eigenvalue weighted by molar-refractivity contribution is -0.146. The molecular weight excluding hydrogens is 306 g/mol. The number of aliphatic carboxylic acids is 1. The predicted octanol–water partition coefficient (Wildman–Crippen LogP) is 1.88. The zero-order chi connectivity index (χ0) is 17.7. The molecule has 4 N–H and O–H groups in total. The second kappa shape index (κ2) is 7.66. The van der Waals surface area contributed by atoms with Gasteiger partial charge in [0, 0.05) is 12.1 Å². The van der Waals surface area contributed by atoms with Gasteiger partial charge in [-0.15, -0.1) is 0 Å². The molecule has 0 radical (unpaired) electrons. The molecule has 1 aliphatic rings. The van der Waals surface area contributed by atoms with Gasteiger partial charge in [-0.1, -0.05) is 20.8 Å². The highest BCUT2D eigenvalue weighted by molar-refractivity contribution is 5.97. The first-order valence-electron chi connectivity index (χ1n) is 8.27. The van der Waals surface area contributed by atoms with Gasteiger partial charge in [-0.2, -0.15) is 0 Å². The third kappa shape index (κ3) is 4.96. The minimum Gasteiger partial charge on any atom is -0.493 e. The Morgan fingerprint density at radius 3 is 2.58 bits per heavy atom. The largest absolute Gasteiger partial charge is 0.493 e. The van der Waals surface area contributed by atoms with Crippen LogP contribution in [0.1, 0.15) is 32.8 Å². The Morgan fingerprint density at radius 2 is 2.08 bits per heavy atom. The number of carboxylic acid groups (broad SMARTS) is 1. The SMILES string of the molecule is CC(C)(C)[C@@H](COc1ccc(C(N)=NC2CCNC2)cc1)C(=O)O. The van der Waals surface area contributed by atoms with Crippen molar-refractivity contribution in [3.63, 3.8) is 0 Å². The lowest BCUT2D eigenvalue weighted by atomic mass is 9.81. The summed E-state index contributed by atoms with van der Waals surface area (Å²) < 4.78 is 5.65. The Balaban J connectivity index is 1.97. The highest BCUT2D eigenvalue weighted by atomic mass is 16.5. The van der Waals surface area contributed by atoms with Gasteiger partial charge in [0.2, 0.25) is 0 Å². The molecule has 0 amide bonds. The van der Waals surface area contributed by atoms with E-state index in [4.69, 9.17) is 10.5 Å². The standard InChI is InChI=1S/C18H27N3O3/c1-18(2,3)15(17(22)23)11-24-14-6-4-12(5-7-14)16(19)21-13-8-9-20-10-13/h4-7,13,15,20H,8-11H2,1-3H3,(H2,19,21)(H,22,23)/t13?,15-/m0/s1. The fourth-order valence-corrected chi connectivity index (χ4v) is 2.61. The summed E-state index contributed by atoms with van der Waals surface area (Å²) in [6.45, 7) is 7.67. The molecule has 0 bridgehead atoms. The number of nitrogens with zero attached hydrogens (tertiary/aromatic N) is 1. The lowest BCUT2D eigenvalue weighted by Crippen LogP contribution is -2.33. The van der Waals surface area contributed by atoms with Crippen LogP contribution in [0.2, 0.25) is 0 Å². The summed E-state index contributed by atoms with van der Waals surface area (Å²) in [7, 11) is 0. The van der Waals surface area contributed by atoms with Crippen molar-refractivity contribution in [3.8, 4) is 5.75 Å². The number of carboxylic acids is 1. The Morgan fingerprint density at radius 1 is 1.42 bits per heavy atom. The molecule has 2 atom stereocenters. The van der Waals surface area contributed by atoms with Crippen molar-refractivity contribution in [2.75, 3.05) is 19.7 Å². The number of rotatable bonds is 6. The van der Waals surface area contributed by atoms with Gasteiger partial charge in [-0.25, -0.2) is 0 Å². The molecule has 132 valence electrons. The van der Waals surface area contributed by atoms with Gasteiger partial charge >= 0.3 is 5.97 Å². The van der Waals surface area contributed by atoms with E-state index in [9.17, 15) is 9.90 Å². The molecule has 24 heavy (non-hydrogen) atoms. The minimum atomic E-state index is -0.847. The third-order valence-electron chi connectivity index (χ3n) is 4.27. The number of hydrogen-bond acceptors (Lipinski definition) is 4. The summed E-state index contributed by atoms with van der Waals surface area (Å²) in [5.41, 5.74) is 6.53. The van der Waals surface area contributed by atoms with Crippen molar-refractivity contribution >= 4 is 11.8 Å². The molecule has 0 aliphatic carbocycles. The molecule has 6 nitrogen and oxygen atoms in total. The van der Waals surface area contributed by atoms with E-state index in [1.807, 2.05) is 32.9 Å². The molecule has 1 fully saturated rings. The number of hydrogen-bond donors (Lipinski definition) is 3. The molecule has 1 aromatic rings. The van der Waals surface area contributed by atoms with Gasteiger partial charge in [0.1, 0.15) is 18.2 Å². The van der Waals surface area contributed by atoms with Crippen LogP contribution in [0, 0.1) is 11.3 Å². The molecule has 2 rings (SSSR count). The molecular formula is C18H27N3O3. The van der Waals surface area contributed by atoms with Gasteiger partial charge in [-0.3, -0.25) is 9.79 Å². The van der Waals surface area contributed by atoms with E-state index < -0.39 is 11.9 Å². The highest BCUT2D eigenvalue weighted by Gasteiger charge is 2.31. The van der Waals surface area contributed by atoms with Crippen LogP contribution in [-0.2, 0) is 4.79 Å². The van der Waals surface area contributed by atoms with Crippen molar-refractivity contribution in [3.05, 3.63) is 29.8 Å². The van der Waals surface area contributed by atoms with Crippen molar-refractivity contribution < 1.29 is 14.6 Å². The van der Waals surface area contributed by atoms with Gasteiger partial charge < -0.3 is 20.9 Å². The molecule has 1 aliphatic heterocycles. The fourth-order valence-electron chi connectivity index (χ4n) is 2.61. The van der Waals surface area contributed by atoms with E-state index in [0.29, 0.717) is 11.6 Å². The predicted molar refractivity (Wildman–Crippen MR) is 94.5 cm³/mol. The van der Waals surface area contributed by atoms with Crippen LogP contribution in [0.5, 0.6) is 5.75 Å². The second-order valence-corrected chi connectivity index (χ2v) is 7.25. The van der Waals surface area contributed by atoms with Crippen LogP contribution in [0.15, 0.2) is 29.3 Å². The van der Waals surface area contributed by atoms with Gasteiger partial charge in [0.05, 0.1) is 12.0 Å². The molecule has 0 saturated carbocycles. The summed E-state index contributed by atoms with van der Waals surface area (Å²) in [4.78, 5) is 15.9. The molecule has 6 heteroatoms. The van der Waals surface area contributed by atoms with Crippen molar-refractivity contribution in [1.82, 2.24) is 5.32 Å². The fraction of sp³-hybridized carbons (Fsp3) is 0.556. The Hall–Kier alpha value is -2.08. The summed E-state index contributed by atoms with van der Waals surface area (Å²) in [5, 5.41) is 12.6. The minimum absolute atomic E-state index is 0.134. The smallest absolute Gasteiger partial charge is 0.310 e. The van der Waals surface area contributed by atoms with E-state index in [2.05, 4.69) is 10.3 Å². The maximum Gasteiger partial charge on any atom is 0.310 e. The van der Waals surface area contributed by atoms with Gasteiger partial charge in [0.15, 0.2) is 0 Å². The van der Waals surface area contributed by atoms with Crippen LogP contribution < -0.4 is 15.8 Å². The zero-order valence-electron chi connectivity index (χ0n) is 14.6. The molecule has 1 heterocycles. The zero-order valence-corrected chi connectivity index (χ0v) is 14.6. The average molecular weight is 333 g/mol. The van der Waals surface area contributed by atoms with Crippen molar-refractivity contribution in [1.29, 1.82) is 0 Å². The first kappa shape index (κ1) is 18.3. The second-order valence-electron chi connectivity index (χ2n) is 7.25. The Kier molecular flexibility index (Phi) is 5.83. The molecule has 0 aromatic heterocycles. The maximum absolute atomic E-state index is 11.4. The first-order valence-corrected chi connectivity index (χ1v) is 8.27. The maximum atomic E-state index is 11.4. The first-order chi connectivity index (χ1) is 11.3. The van der Waals surface area contributed by atoms with Crippen LogP contribution >= 0.6 is 0 Å². The normalized spacial score (nSPS) is 20.0. The summed E-state index contributed by atoms with van der Waals surface area (Å²) in [5.74, 6) is -0.266. The highest BCUT2D eigenvalue weighted by Crippen LogP contribution is 2.27. The van der Waals surface area contributed by atoms with E-state index in [-0.39, 0.29) is 18.1 Å². The Labute approximate surface area is 143 Å². The van der Waals surface area contributed by atoms with E-state index >= 15 is 0 Å². The quantitative estimate of drug-likeness (QED) is 0.545. The van der Waals surface area contributed by atoms with Gasteiger partial charge in [0.25, 0.3) is 0 Å². The van der Waals surface area contributed by atoms with Gasteiger partial charge in [-0.05, 0) is 42.6 Å². The van der Waals surface area contributed by atoms with Crippen molar-refractivity contribution in [2.24, 2.45) is 22.1 Å². The third-order valence-corrected chi connectivity index (χ3v) is 4.27. The van der Waals surface area contributed by atoms with E-state index in [0.717, 1.165) is 25.1 Å². The number of nitrogens with one attached hydrogen (secondary N) is 1. The van der Waals surface area contributed by atoms with E-state index in [1.54, 1.807) is 12.1 Å². The number of nitrogens with two attached hydrogens (primary N) is 1. The number of ether oxygens (including phenoxy) is 1. The monoisotopic (exact) mass is 333 g/mol. The molecule has 1 aromatic carbocycles. The Bertz CT molecular complexity index is 585. The van der Waals surface area contributed by atoms with Crippen LogP contribution in [0.3, 0.4) is 0 Å². The lowest BCUT2D eigenvalue weighted by Gasteiger charge is -2.26. The van der Waals surface area contributed by atoms with Crippen LogP contribution in [-0.4, -0.2) is 42.6 Å². The number of amidine groups is 1. The van der Waals surface area contributed by atoms with Crippen molar-refractivity contribution in [2.45, 2.75) is 33.2 Å². The number of carbonyl (C=O) groups is 1. The molecule has 1 unspecified atom stereocenters. The molecule has 1 saturated heterocycles. The summed E-state index contributed by atoms with van der Waals surface area (Å²) >= 11 is 0. The topological polar surface area (TPSA) is 96.9 Å². The van der Waals surface area contributed by atoms with E-state index in [1.165, 1.54) is 0 Å².